The van der Waals surface area contributed by atoms with E-state index in [1.807, 2.05) is 31.2 Å². The van der Waals surface area contributed by atoms with Gasteiger partial charge in [-0.3, -0.25) is 0 Å². The molecule has 2 heteroatoms. The number of fused-ring (bicyclic) bond motifs is 1. The van der Waals surface area contributed by atoms with Crippen molar-refractivity contribution in [2.75, 3.05) is 6.61 Å². The van der Waals surface area contributed by atoms with Crippen LogP contribution in [-0.4, -0.2) is 12.6 Å². The molecule has 0 saturated carbocycles. The van der Waals surface area contributed by atoms with Crippen LogP contribution >= 0.6 is 0 Å². The lowest BCUT2D eigenvalue weighted by Gasteiger charge is -2.35. The van der Waals surface area contributed by atoms with Crippen LogP contribution in [-0.2, 0) is 10.2 Å². The van der Waals surface area contributed by atoms with Crippen molar-refractivity contribution in [1.29, 1.82) is 0 Å². The normalized spacial score (nSPS) is 15.4. The van der Waals surface area contributed by atoms with E-state index in [2.05, 4.69) is 58.0 Å². The number of carbonyl (C=O) groups is 1. The standard InChI is InChI=1S/C26H30O2/c1-6-28-25(27)21-12-9-19(10-13-21)7-8-20-11-14-24-23(17-20)22(18(2)3)15-16-26(24,4)5/h7-14,17H,6,15-16H2,1-5H3/b8-7+. The predicted molar refractivity (Wildman–Crippen MR) is 118 cm³/mol. The van der Waals surface area contributed by atoms with Gasteiger partial charge in [0.2, 0.25) is 0 Å². The molecule has 0 atom stereocenters. The second kappa shape index (κ2) is 8.18. The van der Waals surface area contributed by atoms with Gasteiger partial charge in [0.1, 0.15) is 0 Å². The van der Waals surface area contributed by atoms with Crippen LogP contribution in [0.1, 0.15) is 80.1 Å². The van der Waals surface area contributed by atoms with Crippen molar-refractivity contribution in [2.24, 2.45) is 0 Å². The fourth-order valence-electron chi connectivity index (χ4n) is 3.87. The number of ether oxygens (including phenoxy) is 1. The fourth-order valence-corrected chi connectivity index (χ4v) is 3.87. The number of hydrogen-bond acceptors (Lipinski definition) is 2. The van der Waals surface area contributed by atoms with Crippen molar-refractivity contribution in [3.05, 3.63) is 75.9 Å². The van der Waals surface area contributed by atoms with Crippen LogP contribution < -0.4 is 0 Å². The highest BCUT2D eigenvalue weighted by molar-refractivity contribution is 5.89. The molecule has 0 radical (unpaired) electrons. The summed E-state index contributed by atoms with van der Waals surface area (Å²) in [5, 5.41) is 0. The Labute approximate surface area is 168 Å². The Morgan fingerprint density at radius 3 is 2.32 bits per heavy atom. The summed E-state index contributed by atoms with van der Waals surface area (Å²) in [6.45, 7) is 11.3. The maximum Gasteiger partial charge on any atom is 0.338 e. The monoisotopic (exact) mass is 374 g/mol. The first-order valence-electron chi connectivity index (χ1n) is 10.1. The summed E-state index contributed by atoms with van der Waals surface area (Å²) >= 11 is 0. The smallest absolute Gasteiger partial charge is 0.338 e. The Hall–Kier alpha value is -2.61. The second-order valence-electron chi connectivity index (χ2n) is 8.34. The van der Waals surface area contributed by atoms with Gasteiger partial charge in [-0.15, -0.1) is 0 Å². The molecule has 0 unspecified atom stereocenters. The quantitative estimate of drug-likeness (QED) is 0.430. The van der Waals surface area contributed by atoms with Gasteiger partial charge >= 0.3 is 5.97 Å². The Balaban J connectivity index is 1.87. The zero-order valence-electron chi connectivity index (χ0n) is 17.6. The number of allylic oxidation sites excluding steroid dienone is 2. The molecule has 2 aromatic rings. The molecule has 0 N–H and O–H groups in total. The summed E-state index contributed by atoms with van der Waals surface area (Å²) in [6, 6.07) is 14.3. The summed E-state index contributed by atoms with van der Waals surface area (Å²) in [5.41, 5.74) is 8.82. The van der Waals surface area contributed by atoms with Crippen LogP contribution in [0.3, 0.4) is 0 Å². The molecule has 1 aliphatic rings. The molecule has 0 heterocycles. The van der Waals surface area contributed by atoms with E-state index in [1.54, 1.807) is 0 Å². The molecule has 0 aromatic heterocycles. The summed E-state index contributed by atoms with van der Waals surface area (Å²) < 4.78 is 5.03. The molecule has 1 aliphatic carbocycles. The van der Waals surface area contributed by atoms with Crippen LogP contribution in [0.15, 0.2) is 48.0 Å². The van der Waals surface area contributed by atoms with Gasteiger partial charge in [-0.25, -0.2) is 4.79 Å². The van der Waals surface area contributed by atoms with Gasteiger partial charge in [0.25, 0.3) is 0 Å². The van der Waals surface area contributed by atoms with E-state index < -0.39 is 0 Å². The van der Waals surface area contributed by atoms with E-state index in [0.29, 0.717) is 12.2 Å². The molecule has 2 aromatic carbocycles. The number of rotatable bonds is 4. The van der Waals surface area contributed by atoms with Crippen LogP contribution in [0, 0.1) is 0 Å². The number of carbonyl (C=O) groups excluding carboxylic acids is 1. The summed E-state index contributed by atoms with van der Waals surface area (Å²) in [6.07, 6.45) is 6.57. The SMILES string of the molecule is CCOC(=O)c1ccc(/C=C/c2ccc3c(c2)C(=C(C)C)CCC3(C)C)cc1. The third kappa shape index (κ3) is 4.27. The highest BCUT2D eigenvalue weighted by Crippen LogP contribution is 2.43. The Bertz CT molecular complexity index is 923. The zero-order chi connectivity index (χ0) is 20.3. The first kappa shape index (κ1) is 20.1. The van der Waals surface area contributed by atoms with Crippen molar-refractivity contribution >= 4 is 23.7 Å². The molecule has 0 bridgehead atoms. The third-order valence-electron chi connectivity index (χ3n) is 5.59. The molecule has 0 spiro atoms. The summed E-state index contributed by atoms with van der Waals surface area (Å²) in [7, 11) is 0. The maximum absolute atomic E-state index is 11.8. The summed E-state index contributed by atoms with van der Waals surface area (Å²) in [5.74, 6) is -0.274. The molecule has 0 aliphatic heterocycles. The van der Waals surface area contributed by atoms with Crippen molar-refractivity contribution < 1.29 is 9.53 Å². The van der Waals surface area contributed by atoms with Gasteiger partial charge in [-0.2, -0.15) is 0 Å². The van der Waals surface area contributed by atoms with Crippen molar-refractivity contribution in [3.8, 4) is 0 Å². The number of hydrogen-bond donors (Lipinski definition) is 0. The van der Waals surface area contributed by atoms with Gasteiger partial charge in [0, 0.05) is 0 Å². The molecule has 0 fully saturated rings. The lowest BCUT2D eigenvalue weighted by atomic mass is 9.70. The van der Waals surface area contributed by atoms with Crippen LogP contribution in [0.25, 0.3) is 17.7 Å². The van der Waals surface area contributed by atoms with Crippen molar-refractivity contribution in [1.82, 2.24) is 0 Å². The number of esters is 1. The first-order chi connectivity index (χ1) is 13.3. The Morgan fingerprint density at radius 2 is 1.68 bits per heavy atom. The topological polar surface area (TPSA) is 26.3 Å². The zero-order valence-corrected chi connectivity index (χ0v) is 17.6. The Kier molecular flexibility index (Phi) is 5.88. The molecule has 3 rings (SSSR count). The van der Waals surface area contributed by atoms with Gasteiger partial charge in [-0.05, 0) is 85.1 Å². The van der Waals surface area contributed by atoms with Crippen LogP contribution in [0.4, 0.5) is 0 Å². The van der Waals surface area contributed by atoms with Gasteiger partial charge < -0.3 is 4.74 Å². The molecular formula is C26H30O2. The highest BCUT2D eigenvalue weighted by Gasteiger charge is 2.29. The second-order valence-corrected chi connectivity index (χ2v) is 8.34. The third-order valence-corrected chi connectivity index (χ3v) is 5.59. The van der Waals surface area contributed by atoms with E-state index in [0.717, 1.165) is 12.0 Å². The lowest BCUT2D eigenvalue weighted by Crippen LogP contribution is -2.23. The largest absolute Gasteiger partial charge is 0.462 e. The molecule has 2 nitrogen and oxygen atoms in total. The summed E-state index contributed by atoms with van der Waals surface area (Å²) in [4.78, 5) is 11.8. The van der Waals surface area contributed by atoms with Gasteiger partial charge in [-0.1, -0.05) is 55.8 Å². The van der Waals surface area contributed by atoms with E-state index >= 15 is 0 Å². The minimum atomic E-state index is -0.274. The molecule has 28 heavy (non-hydrogen) atoms. The Morgan fingerprint density at radius 1 is 1.04 bits per heavy atom. The number of benzene rings is 2. The minimum Gasteiger partial charge on any atom is -0.462 e. The van der Waals surface area contributed by atoms with E-state index in [1.165, 1.54) is 34.3 Å². The maximum atomic E-state index is 11.8. The highest BCUT2D eigenvalue weighted by atomic mass is 16.5. The van der Waals surface area contributed by atoms with Crippen LogP contribution in [0.5, 0.6) is 0 Å². The molecule has 0 saturated heterocycles. The van der Waals surface area contributed by atoms with E-state index in [9.17, 15) is 4.79 Å². The molecular weight excluding hydrogens is 344 g/mol. The van der Waals surface area contributed by atoms with Crippen molar-refractivity contribution in [3.63, 3.8) is 0 Å². The lowest BCUT2D eigenvalue weighted by molar-refractivity contribution is 0.0526. The van der Waals surface area contributed by atoms with Crippen LogP contribution in [0.2, 0.25) is 0 Å². The van der Waals surface area contributed by atoms with E-state index in [-0.39, 0.29) is 11.4 Å². The van der Waals surface area contributed by atoms with E-state index in [4.69, 9.17) is 4.74 Å². The minimum absolute atomic E-state index is 0.222. The van der Waals surface area contributed by atoms with Gasteiger partial charge in [0.05, 0.1) is 12.2 Å². The molecule has 146 valence electrons. The van der Waals surface area contributed by atoms with Crippen molar-refractivity contribution in [2.45, 2.75) is 52.9 Å². The average molecular weight is 375 g/mol. The van der Waals surface area contributed by atoms with Gasteiger partial charge in [0.15, 0.2) is 0 Å². The molecule has 0 amide bonds. The fraction of sp³-hybridized carbons (Fsp3) is 0.346. The first-order valence-corrected chi connectivity index (χ1v) is 10.1. The predicted octanol–water partition coefficient (Wildman–Crippen LogP) is 6.90. The average Bonchev–Trinajstić information content (AvgIpc) is 2.66.